The molecule has 0 atom stereocenters. The van der Waals surface area contributed by atoms with Crippen LogP contribution in [0.5, 0.6) is 0 Å². The molecule has 35 heavy (non-hydrogen) atoms. The zero-order chi connectivity index (χ0) is 24.4. The number of benzene rings is 3. The van der Waals surface area contributed by atoms with Crippen LogP contribution >= 0.6 is 0 Å². The van der Waals surface area contributed by atoms with Gasteiger partial charge in [-0.3, -0.25) is 9.10 Å². The average Bonchev–Trinajstić information content (AvgIpc) is 2.91. The van der Waals surface area contributed by atoms with Crippen LogP contribution in [0.15, 0.2) is 77.7 Å². The highest BCUT2D eigenvalue weighted by molar-refractivity contribution is 7.92. The van der Waals surface area contributed by atoms with Gasteiger partial charge in [-0.2, -0.15) is 0 Å². The smallest absolute Gasteiger partial charge is 0.338 e. The van der Waals surface area contributed by atoms with Gasteiger partial charge < -0.3 is 9.64 Å². The molecular formula is C27H26N2O5S. The molecule has 0 spiro atoms. The van der Waals surface area contributed by atoms with Gasteiger partial charge in [0.05, 0.1) is 16.1 Å². The Morgan fingerprint density at radius 1 is 0.771 bits per heavy atom. The highest BCUT2D eigenvalue weighted by Gasteiger charge is 2.29. The molecule has 0 bridgehead atoms. The number of amides is 1. The Kier molecular flexibility index (Phi) is 6.30. The summed E-state index contributed by atoms with van der Waals surface area (Å²) in [4.78, 5) is 27.0. The summed E-state index contributed by atoms with van der Waals surface area (Å²) >= 11 is 0. The van der Waals surface area contributed by atoms with E-state index in [0.29, 0.717) is 18.8 Å². The Bertz CT molecular complexity index is 1370. The highest BCUT2D eigenvalue weighted by atomic mass is 32.2. The van der Waals surface area contributed by atoms with E-state index < -0.39 is 16.0 Å². The molecule has 0 unspecified atom stereocenters. The summed E-state index contributed by atoms with van der Waals surface area (Å²) in [6, 6.07) is 20.9. The minimum atomic E-state index is -3.77. The zero-order valence-electron chi connectivity index (χ0n) is 19.2. The standard InChI is InChI=1S/C27H26N2O5S/c30-26(28-17-5-9-20-7-1-3-11-24(20)28)19-34-27(31)22-13-15-23(16-14-22)35(32,33)29-18-6-10-21-8-2-4-12-25(21)29/h1-4,7-8,11-16H,5-6,9-10,17-19H2. The molecule has 0 saturated heterocycles. The Balaban J connectivity index is 1.26. The number of ether oxygens (including phenoxy) is 1. The number of esters is 1. The van der Waals surface area contributed by atoms with E-state index in [0.717, 1.165) is 42.5 Å². The molecule has 2 heterocycles. The molecule has 180 valence electrons. The average molecular weight is 491 g/mol. The van der Waals surface area contributed by atoms with E-state index in [1.54, 1.807) is 4.90 Å². The third-order valence-corrected chi connectivity index (χ3v) is 8.31. The van der Waals surface area contributed by atoms with Gasteiger partial charge in [-0.25, -0.2) is 13.2 Å². The fourth-order valence-electron chi connectivity index (χ4n) is 4.72. The van der Waals surface area contributed by atoms with Gasteiger partial charge in [0.15, 0.2) is 6.61 Å². The van der Waals surface area contributed by atoms with E-state index in [4.69, 9.17) is 4.74 Å². The molecule has 5 rings (SSSR count). The number of hydrogen-bond acceptors (Lipinski definition) is 5. The molecule has 0 N–H and O–H groups in total. The van der Waals surface area contributed by atoms with E-state index in [2.05, 4.69) is 0 Å². The molecular weight excluding hydrogens is 464 g/mol. The topological polar surface area (TPSA) is 84.0 Å². The number of rotatable bonds is 5. The molecule has 3 aromatic carbocycles. The zero-order valence-corrected chi connectivity index (χ0v) is 20.0. The molecule has 2 aliphatic rings. The van der Waals surface area contributed by atoms with Crippen molar-refractivity contribution in [3.05, 3.63) is 89.5 Å². The van der Waals surface area contributed by atoms with Crippen molar-refractivity contribution in [2.45, 2.75) is 30.6 Å². The lowest BCUT2D eigenvalue weighted by Gasteiger charge is -2.30. The van der Waals surface area contributed by atoms with Crippen LogP contribution in [-0.4, -0.2) is 40.0 Å². The van der Waals surface area contributed by atoms with E-state index >= 15 is 0 Å². The number of carbonyl (C=O) groups is 2. The molecule has 0 aromatic heterocycles. The van der Waals surface area contributed by atoms with E-state index in [9.17, 15) is 18.0 Å². The first kappa shape index (κ1) is 23.1. The summed E-state index contributed by atoms with van der Waals surface area (Å²) in [5, 5.41) is 0. The predicted molar refractivity (Wildman–Crippen MR) is 133 cm³/mol. The SMILES string of the molecule is O=C(OCC(=O)N1CCCc2ccccc21)c1ccc(S(=O)(=O)N2CCCc3ccccc32)cc1. The number of fused-ring (bicyclic) bond motifs is 2. The predicted octanol–water partition coefficient (Wildman–Crippen LogP) is 3.96. The monoisotopic (exact) mass is 490 g/mol. The number of para-hydroxylation sites is 2. The maximum Gasteiger partial charge on any atom is 0.338 e. The lowest BCUT2D eigenvalue weighted by molar-refractivity contribution is -0.121. The first-order valence-corrected chi connectivity index (χ1v) is 13.2. The fraction of sp³-hybridized carbons (Fsp3) is 0.259. The molecule has 0 aliphatic carbocycles. The first-order chi connectivity index (χ1) is 16.9. The van der Waals surface area contributed by atoms with Gasteiger partial charge >= 0.3 is 5.97 Å². The van der Waals surface area contributed by atoms with E-state index in [1.165, 1.54) is 28.6 Å². The Morgan fingerprint density at radius 2 is 1.37 bits per heavy atom. The third-order valence-electron chi connectivity index (χ3n) is 6.48. The highest BCUT2D eigenvalue weighted by Crippen LogP contribution is 2.32. The Morgan fingerprint density at radius 3 is 2.09 bits per heavy atom. The van der Waals surface area contributed by atoms with Crippen molar-refractivity contribution in [2.24, 2.45) is 0 Å². The molecule has 2 aliphatic heterocycles. The van der Waals surface area contributed by atoms with Crippen LogP contribution in [0.3, 0.4) is 0 Å². The summed E-state index contributed by atoms with van der Waals surface area (Å²) in [6.07, 6.45) is 3.36. The quantitative estimate of drug-likeness (QED) is 0.506. The maximum atomic E-state index is 13.3. The molecule has 8 heteroatoms. The summed E-state index contributed by atoms with van der Waals surface area (Å²) in [7, 11) is -3.77. The van der Waals surface area contributed by atoms with Gasteiger partial charge in [0.25, 0.3) is 15.9 Å². The van der Waals surface area contributed by atoms with Crippen molar-refractivity contribution in [3.8, 4) is 0 Å². The van der Waals surface area contributed by atoms with Gasteiger partial charge in [0.2, 0.25) is 0 Å². The summed E-state index contributed by atoms with van der Waals surface area (Å²) < 4.78 is 33.2. The molecule has 0 fully saturated rings. The van der Waals surface area contributed by atoms with Crippen LogP contribution in [0.4, 0.5) is 11.4 Å². The van der Waals surface area contributed by atoms with Gasteiger partial charge in [-0.05, 0) is 73.2 Å². The van der Waals surface area contributed by atoms with Crippen LogP contribution in [0, 0.1) is 0 Å². The van der Waals surface area contributed by atoms with Crippen molar-refractivity contribution in [1.29, 1.82) is 0 Å². The van der Waals surface area contributed by atoms with Gasteiger partial charge in [0.1, 0.15) is 0 Å². The van der Waals surface area contributed by atoms with Crippen LogP contribution in [0.25, 0.3) is 0 Å². The maximum absolute atomic E-state index is 13.3. The number of hydrogen-bond donors (Lipinski definition) is 0. The number of carbonyl (C=O) groups excluding carboxylic acids is 2. The number of aryl methyl sites for hydroxylation is 2. The van der Waals surface area contributed by atoms with Crippen molar-refractivity contribution in [2.75, 3.05) is 28.9 Å². The number of anilines is 2. The Hall–Kier alpha value is -3.65. The van der Waals surface area contributed by atoms with Crippen molar-refractivity contribution in [3.63, 3.8) is 0 Å². The molecule has 7 nitrogen and oxygen atoms in total. The largest absolute Gasteiger partial charge is 0.452 e. The minimum Gasteiger partial charge on any atom is -0.452 e. The molecule has 0 saturated carbocycles. The van der Waals surface area contributed by atoms with Crippen molar-refractivity contribution >= 4 is 33.3 Å². The summed E-state index contributed by atoms with van der Waals surface area (Å²) in [5.74, 6) is -0.954. The van der Waals surface area contributed by atoms with E-state index in [-0.39, 0.29) is 23.0 Å². The molecule has 0 radical (unpaired) electrons. The van der Waals surface area contributed by atoms with Crippen molar-refractivity contribution < 1.29 is 22.7 Å². The van der Waals surface area contributed by atoms with Gasteiger partial charge in [0, 0.05) is 18.8 Å². The van der Waals surface area contributed by atoms with Gasteiger partial charge in [-0.15, -0.1) is 0 Å². The second kappa shape index (κ2) is 9.54. The molecule has 3 aromatic rings. The first-order valence-electron chi connectivity index (χ1n) is 11.7. The lowest BCUT2D eigenvalue weighted by Crippen LogP contribution is -2.38. The number of nitrogens with zero attached hydrogens (tertiary/aromatic N) is 2. The van der Waals surface area contributed by atoms with Crippen LogP contribution in [0.2, 0.25) is 0 Å². The third kappa shape index (κ3) is 4.53. The van der Waals surface area contributed by atoms with Crippen molar-refractivity contribution in [1.82, 2.24) is 0 Å². The summed E-state index contributed by atoms with van der Waals surface area (Å²) in [5.41, 5.74) is 3.85. The second-order valence-corrected chi connectivity index (χ2v) is 10.5. The normalized spacial score (nSPS) is 15.2. The van der Waals surface area contributed by atoms with Crippen LogP contribution in [0.1, 0.15) is 34.3 Å². The van der Waals surface area contributed by atoms with Crippen LogP contribution < -0.4 is 9.21 Å². The summed E-state index contributed by atoms with van der Waals surface area (Å²) in [6.45, 7) is 0.613. The fourth-order valence-corrected chi connectivity index (χ4v) is 6.26. The second-order valence-electron chi connectivity index (χ2n) is 8.69. The number of sulfonamides is 1. The Labute approximate surface area is 205 Å². The lowest BCUT2D eigenvalue weighted by atomic mass is 10.0. The van der Waals surface area contributed by atoms with E-state index in [1.807, 2.05) is 48.5 Å². The van der Waals surface area contributed by atoms with Gasteiger partial charge in [-0.1, -0.05) is 36.4 Å². The minimum absolute atomic E-state index is 0.103. The molecule has 1 amide bonds. The van der Waals surface area contributed by atoms with Crippen LogP contribution in [-0.2, 0) is 32.4 Å².